The van der Waals surface area contributed by atoms with Gasteiger partial charge in [-0.2, -0.15) is 0 Å². The first-order valence-corrected chi connectivity index (χ1v) is 8.68. The minimum Gasteiger partial charge on any atom is -0.394 e. The molecule has 1 aliphatic rings. The molecule has 0 aromatic heterocycles. The van der Waals surface area contributed by atoms with Crippen molar-refractivity contribution in [3.8, 4) is 0 Å². The Kier molecular flexibility index (Phi) is 9.72. The van der Waals surface area contributed by atoms with Crippen LogP contribution in [-0.4, -0.2) is 74.8 Å². The summed E-state index contributed by atoms with van der Waals surface area (Å²) in [6, 6.07) is -1.22. The number of carbonyl (C=O) groups is 1. The third kappa shape index (κ3) is 6.62. The van der Waals surface area contributed by atoms with Crippen molar-refractivity contribution in [2.24, 2.45) is 0 Å². The maximum atomic E-state index is 11.9. The molecule has 0 bridgehead atoms. The minimum atomic E-state index is -1.55. The number of unbranched alkanes of at least 4 members (excludes halogenated alkanes) is 4. The van der Waals surface area contributed by atoms with Gasteiger partial charge in [-0.05, 0) is 6.42 Å². The second kappa shape index (κ2) is 11.0. The Hall–Kier alpha value is -0.770. The van der Waals surface area contributed by atoms with Crippen LogP contribution in [0.3, 0.4) is 0 Å². The Labute approximate surface area is 142 Å². The molecule has 1 saturated heterocycles. The van der Waals surface area contributed by atoms with Gasteiger partial charge in [0, 0.05) is 0 Å². The van der Waals surface area contributed by atoms with Gasteiger partial charge >= 0.3 is 0 Å². The number of hydrogen-bond donors (Lipinski definition) is 6. The fraction of sp³-hybridized carbons (Fsp3) is 0.938. The molecule has 0 radical (unpaired) electrons. The Balaban J connectivity index is 2.35. The van der Waals surface area contributed by atoms with E-state index in [0.29, 0.717) is 6.42 Å². The van der Waals surface area contributed by atoms with Crippen LogP contribution in [0.2, 0.25) is 0 Å². The highest BCUT2D eigenvalue weighted by Crippen LogP contribution is 2.20. The van der Waals surface area contributed by atoms with Gasteiger partial charge in [-0.1, -0.05) is 39.0 Å². The summed E-state index contributed by atoms with van der Waals surface area (Å²) in [6.45, 7) is 1.56. The first-order chi connectivity index (χ1) is 11.4. The summed E-state index contributed by atoms with van der Waals surface area (Å²) < 4.78 is 4.96. The molecule has 1 unspecified atom stereocenters. The van der Waals surface area contributed by atoms with Crippen LogP contribution < -0.4 is 5.32 Å². The van der Waals surface area contributed by atoms with E-state index < -0.39 is 49.3 Å². The van der Waals surface area contributed by atoms with E-state index in [1.54, 1.807) is 0 Å². The van der Waals surface area contributed by atoms with Crippen LogP contribution in [0.25, 0.3) is 0 Å². The highest BCUT2D eigenvalue weighted by Gasteiger charge is 2.44. The van der Waals surface area contributed by atoms with Gasteiger partial charge in [0.2, 0.25) is 5.91 Å². The summed E-state index contributed by atoms with van der Waals surface area (Å²) in [6.07, 6.45) is -0.730. The fourth-order valence-corrected chi connectivity index (χ4v) is 2.80. The van der Waals surface area contributed by atoms with Crippen LogP contribution in [0.15, 0.2) is 0 Å². The van der Waals surface area contributed by atoms with E-state index in [1.165, 1.54) is 0 Å². The third-order valence-electron chi connectivity index (χ3n) is 4.29. The average Bonchev–Trinajstić information content (AvgIpc) is 2.54. The summed E-state index contributed by atoms with van der Waals surface area (Å²) in [5.74, 6) is -0.544. The van der Waals surface area contributed by atoms with E-state index in [4.69, 9.17) is 9.84 Å². The second-order valence-electron chi connectivity index (χ2n) is 6.38. The van der Waals surface area contributed by atoms with Gasteiger partial charge in [0.1, 0.15) is 24.4 Å². The summed E-state index contributed by atoms with van der Waals surface area (Å²) in [4.78, 5) is 11.9. The zero-order valence-corrected chi connectivity index (χ0v) is 14.2. The van der Waals surface area contributed by atoms with E-state index in [-0.39, 0.29) is 6.42 Å². The molecule has 0 spiro atoms. The highest BCUT2D eigenvalue weighted by atomic mass is 16.6. The van der Waals surface area contributed by atoms with Crippen molar-refractivity contribution in [2.75, 3.05) is 6.61 Å². The number of aliphatic hydroxyl groups is 5. The van der Waals surface area contributed by atoms with E-state index in [0.717, 1.165) is 32.1 Å². The molecule has 24 heavy (non-hydrogen) atoms. The van der Waals surface area contributed by atoms with Crippen molar-refractivity contribution in [1.82, 2.24) is 5.32 Å². The summed E-state index contributed by atoms with van der Waals surface area (Å²) >= 11 is 0. The Morgan fingerprint density at radius 1 is 1.12 bits per heavy atom. The van der Waals surface area contributed by atoms with Gasteiger partial charge < -0.3 is 35.6 Å². The van der Waals surface area contributed by atoms with Crippen molar-refractivity contribution >= 4 is 5.91 Å². The zero-order valence-electron chi connectivity index (χ0n) is 14.2. The first-order valence-electron chi connectivity index (χ1n) is 8.68. The normalized spacial score (nSPS) is 31.7. The van der Waals surface area contributed by atoms with E-state index in [9.17, 15) is 25.2 Å². The lowest BCUT2D eigenvalue weighted by molar-refractivity contribution is -0.254. The van der Waals surface area contributed by atoms with Crippen molar-refractivity contribution in [3.63, 3.8) is 0 Å². The Morgan fingerprint density at radius 3 is 2.42 bits per heavy atom. The van der Waals surface area contributed by atoms with Crippen LogP contribution in [0.1, 0.15) is 51.9 Å². The van der Waals surface area contributed by atoms with Crippen molar-refractivity contribution in [1.29, 1.82) is 0 Å². The van der Waals surface area contributed by atoms with Crippen LogP contribution in [0.5, 0.6) is 0 Å². The number of aliphatic hydroxyl groups excluding tert-OH is 5. The van der Waals surface area contributed by atoms with Crippen LogP contribution >= 0.6 is 0 Å². The number of nitrogens with one attached hydrogen (secondary N) is 1. The van der Waals surface area contributed by atoms with Crippen LogP contribution in [-0.2, 0) is 9.53 Å². The van der Waals surface area contributed by atoms with Gasteiger partial charge in [-0.3, -0.25) is 4.79 Å². The van der Waals surface area contributed by atoms with Gasteiger partial charge in [-0.15, -0.1) is 0 Å². The van der Waals surface area contributed by atoms with Crippen LogP contribution in [0, 0.1) is 0 Å². The number of rotatable bonds is 10. The molecule has 1 fully saturated rings. The molecule has 0 aromatic rings. The van der Waals surface area contributed by atoms with Gasteiger partial charge in [0.25, 0.3) is 0 Å². The molecule has 142 valence electrons. The summed E-state index contributed by atoms with van der Waals surface area (Å²) in [7, 11) is 0. The molecule has 8 nitrogen and oxygen atoms in total. The molecule has 1 rings (SSSR count). The predicted molar refractivity (Wildman–Crippen MR) is 85.9 cm³/mol. The Bertz CT molecular complexity index is 368. The van der Waals surface area contributed by atoms with Gasteiger partial charge in [-0.25, -0.2) is 0 Å². The SMILES string of the molecule is CCCCCCCC(O)CC(=O)N[C@@H]1[C@@H](O)[C@H](O)[C@@H](CO)O[C@@H]1O. The smallest absolute Gasteiger partial charge is 0.223 e. The standard InChI is InChI=1S/C16H31NO7/c1-2-3-4-5-6-7-10(19)8-12(20)17-13-15(22)14(21)11(9-18)24-16(13)23/h10-11,13-16,18-19,21-23H,2-9H2,1H3,(H,17,20)/t10?,11-,13-,14-,15-,16+/m1/s1. The van der Waals surface area contributed by atoms with Crippen molar-refractivity contribution < 1.29 is 35.1 Å². The lowest BCUT2D eigenvalue weighted by Gasteiger charge is -2.40. The van der Waals surface area contributed by atoms with E-state index in [1.807, 2.05) is 0 Å². The molecular formula is C16H31NO7. The lowest BCUT2D eigenvalue weighted by Crippen LogP contribution is -2.64. The van der Waals surface area contributed by atoms with Gasteiger partial charge in [0.15, 0.2) is 6.29 Å². The van der Waals surface area contributed by atoms with E-state index in [2.05, 4.69) is 12.2 Å². The largest absolute Gasteiger partial charge is 0.394 e. The van der Waals surface area contributed by atoms with Crippen molar-refractivity contribution in [3.05, 3.63) is 0 Å². The predicted octanol–water partition coefficient (Wildman–Crippen LogP) is -0.986. The molecular weight excluding hydrogens is 318 g/mol. The third-order valence-corrected chi connectivity index (χ3v) is 4.29. The number of carbonyl (C=O) groups excluding carboxylic acids is 1. The summed E-state index contributed by atoms with van der Waals surface area (Å²) in [5.41, 5.74) is 0. The number of hydrogen-bond acceptors (Lipinski definition) is 7. The molecule has 0 aliphatic carbocycles. The molecule has 1 aliphatic heterocycles. The summed E-state index contributed by atoms with van der Waals surface area (Å²) in [5, 5.41) is 50.7. The highest BCUT2D eigenvalue weighted by molar-refractivity contribution is 5.76. The zero-order chi connectivity index (χ0) is 18.1. The maximum Gasteiger partial charge on any atom is 0.223 e. The monoisotopic (exact) mass is 349 g/mol. The number of amides is 1. The maximum absolute atomic E-state index is 11.9. The molecule has 1 heterocycles. The molecule has 0 saturated carbocycles. The first kappa shape index (κ1) is 21.3. The quantitative estimate of drug-likeness (QED) is 0.278. The average molecular weight is 349 g/mol. The van der Waals surface area contributed by atoms with Crippen LogP contribution in [0.4, 0.5) is 0 Å². The fourth-order valence-electron chi connectivity index (χ4n) is 2.80. The minimum absolute atomic E-state index is 0.150. The topological polar surface area (TPSA) is 139 Å². The number of ether oxygens (including phenoxy) is 1. The molecule has 6 atom stereocenters. The van der Waals surface area contributed by atoms with Crippen molar-refractivity contribution in [2.45, 2.75) is 88.6 Å². The lowest BCUT2D eigenvalue weighted by atomic mass is 9.96. The van der Waals surface area contributed by atoms with Gasteiger partial charge in [0.05, 0.1) is 19.1 Å². The Morgan fingerprint density at radius 2 is 1.79 bits per heavy atom. The van der Waals surface area contributed by atoms with E-state index >= 15 is 0 Å². The molecule has 1 amide bonds. The molecule has 6 N–H and O–H groups in total. The molecule has 0 aromatic carbocycles. The second-order valence-corrected chi connectivity index (χ2v) is 6.38. The molecule has 8 heteroatoms.